The van der Waals surface area contributed by atoms with Crippen molar-refractivity contribution in [2.45, 2.75) is 25.1 Å². The lowest BCUT2D eigenvalue weighted by Gasteiger charge is -2.39. The van der Waals surface area contributed by atoms with Gasteiger partial charge in [-0.15, -0.1) is 0 Å². The highest BCUT2D eigenvalue weighted by atomic mass is 16.5. The van der Waals surface area contributed by atoms with Gasteiger partial charge >= 0.3 is 0 Å². The summed E-state index contributed by atoms with van der Waals surface area (Å²) in [6.07, 6.45) is 0.0777. The Kier molecular flexibility index (Phi) is 2.64. The van der Waals surface area contributed by atoms with Crippen LogP contribution >= 0.6 is 0 Å². The van der Waals surface area contributed by atoms with Crippen LogP contribution in [0.2, 0.25) is 0 Å². The molecular formula is C12H16N2O3. The zero-order chi connectivity index (χ0) is 11.8. The second kappa shape index (κ2) is 4.16. The van der Waals surface area contributed by atoms with Crippen molar-refractivity contribution in [2.75, 3.05) is 20.3 Å². The van der Waals surface area contributed by atoms with Gasteiger partial charge in [-0.3, -0.25) is 0 Å². The van der Waals surface area contributed by atoms with Crippen molar-refractivity contribution < 1.29 is 14.2 Å². The highest BCUT2D eigenvalue weighted by Crippen LogP contribution is 2.35. The first-order chi connectivity index (χ1) is 8.28. The molecular weight excluding hydrogens is 220 g/mol. The van der Waals surface area contributed by atoms with Crippen LogP contribution in [0.4, 0.5) is 0 Å². The van der Waals surface area contributed by atoms with Crippen molar-refractivity contribution in [3.63, 3.8) is 0 Å². The summed E-state index contributed by atoms with van der Waals surface area (Å²) in [5.41, 5.74) is 1.05. The van der Waals surface area contributed by atoms with Gasteiger partial charge in [0.05, 0.1) is 19.8 Å². The van der Waals surface area contributed by atoms with Gasteiger partial charge in [-0.2, -0.15) is 4.98 Å². The topological polar surface area (TPSA) is 52.6 Å². The summed E-state index contributed by atoms with van der Waals surface area (Å²) in [5, 5.41) is 3.53. The number of methoxy groups -OCH3 is 1. The van der Waals surface area contributed by atoms with Crippen LogP contribution in [0.5, 0.6) is 11.8 Å². The molecule has 2 aliphatic rings. The number of morpholine rings is 1. The van der Waals surface area contributed by atoms with E-state index < -0.39 is 0 Å². The number of nitrogens with zero attached hydrogens (tertiary/aromatic N) is 1. The van der Waals surface area contributed by atoms with Crippen LogP contribution in [0, 0.1) is 0 Å². The van der Waals surface area contributed by atoms with Gasteiger partial charge in [0.2, 0.25) is 11.8 Å². The van der Waals surface area contributed by atoms with Gasteiger partial charge in [0.25, 0.3) is 0 Å². The van der Waals surface area contributed by atoms with Crippen molar-refractivity contribution in [1.82, 2.24) is 10.3 Å². The van der Waals surface area contributed by atoms with E-state index in [2.05, 4.69) is 17.2 Å². The second-order valence-corrected chi connectivity index (χ2v) is 4.48. The highest BCUT2D eigenvalue weighted by molar-refractivity contribution is 5.36. The molecule has 2 aliphatic heterocycles. The summed E-state index contributed by atoms with van der Waals surface area (Å²) in [5.74, 6) is 1.22. The van der Waals surface area contributed by atoms with Gasteiger partial charge in [0, 0.05) is 17.7 Å². The zero-order valence-corrected chi connectivity index (χ0v) is 9.97. The second-order valence-electron chi connectivity index (χ2n) is 4.48. The molecule has 3 heterocycles. The molecule has 3 rings (SSSR count). The Morgan fingerprint density at radius 1 is 1.41 bits per heavy atom. The Morgan fingerprint density at radius 2 is 2.29 bits per heavy atom. The fraction of sp³-hybridized carbons (Fsp3) is 0.583. The maximum atomic E-state index is 5.76. The molecule has 1 saturated heterocycles. The van der Waals surface area contributed by atoms with Gasteiger partial charge < -0.3 is 19.5 Å². The molecule has 92 valence electrons. The maximum Gasteiger partial charge on any atom is 0.221 e. The molecule has 1 N–H and O–H groups in total. The fourth-order valence-corrected chi connectivity index (χ4v) is 2.32. The van der Waals surface area contributed by atoms with Crippen LogP contribution in [0.3, 0.4) is 0 Å². The minimum absolute atomic E-state index is 0.0777. The van der Waals surface area contributed by atoms with E-state index in [1.165, 1.54) is 0 Å². The maximum absolute atomic E-state index is 5.76. The number of pyridine rings is 1. The van der Waals surface area contributed by atoms with Crippen LogP contribution in [0.1, 0.15) is 18.5 Å². The predicted molar refractivity (Wildman–Crippen MR) is 61.4 cm³/mol. The largest absolute Gasteiger partial charge is 0.481 e. The highest BCUT2D eigenvalue weighted by Gasteiger charge is 2.36. The minimum Gasteiger partial charge on any atom is -0.481 e. The number of aromatic nitrogens is 1. The van der Waals surface area contributed by atoms with Crippen LogP contribution in [-0.2, 0) is 4.74 Å². The molecule has 1 fully saturated rings. The van der Waals surface area contributed by atoms with Crippen molar-refractivity contribution in [1.29, 1.82) is 0 Å². The minimum atomic E-state index is 0.0777. The average Bonchev–Trinajstić information content (AvgIpc) is 2.37. The number of fused-ring (bicyclic) bond motifs is 3. The zero-order valence-electron chi connectivity index (χ0n) is 9.97. The smallest absolute Gasteiger partial charge is 0.221 e. The summed E-state index contributed by atoms with van der Waals surface area (Å²) in [4.78, 5) is 4.31. The molecule has 0 aliphatic carbocycles. The van der Waals surface area contributed by atoms with Gasteiger partial charge in [-0.05, 0) is 13.0 Å². The van der Waals surface area contributed by atoms with E-state index in [-0.39, 0.29) is 12.1 Å². The van der Waals surface area contributed by atoms with E-state index in [4.69, 9.17) is 14.2 Å². The Hall–Kier alpha value is -1.33. The van der Waals surface area contributed by atoms with Gasteiger partial charge in [0.15, 0.2) is 0 Å². The number of hydrogen-bond acceptors (Lipinski definition) is 5. The molecule has 5 heteroatoms. The number of ether oxygens (including phenoxy) is 3. The van der Waals surface area contributed by atoms with Crippen molar-refractivity contribution in [3.8, 4) is 11.8 Å². The van der Waals surface area contributed by atoms with E-state index in [1.54, 1.807) is 7.11 Å². The third-order valence-corrected chi connectivity index (χ3v) is 3.19. The van der Waals surface area contributed by atoms with Crippen molar-refractivity contribution >= 4 is 0 Å². The van der Waals surface area contributed by atoms with Crippen LogP contribution in [0.25, 0.3) is 0 Å². The Morgan fingerprint density at radius 3 is 3.12 bits per heavy atom. The summed E-state index contributed by atoms with van der Waals surface area (Å²) in [7, 11) is 1.60. The van der Waals surface area contributed by atoms with E-state index in [1.807, 2.05) is 12.1 Å². The summed E-state index contributed by atoms with van der Waals surface area (Å²) >= 11 is 0. The van der Waals surface area contributed by atoms with E-state index in [0.717, 1.165) is 12.2 Å². The first-order valence-corrected chi connectivity index (χ1v) is 5.83. The Labute approximate surface area is 100 Å². The average molecular weight is 236 g/mol. The first kappa shape index (κ1) is 10.8. The Bertz CT molecular complexity index is 424. The van der Waals surface area contributed by atoms with Gasteiger partial charge in [-0.1, -0.05) is 0 Å². The fourth-order valence-electron chi connectivity index (χ4n) is 2.32. The lowest BCUT2D eigenvalue weighted by molar-refractivity contribution is -0.0583. The standard InChI is InChI=1S/C12H16N2O3/c1-7-5-16-9-6-17-12-8(11(9)13-7)3-4-10(14-12)15-2/h3-4,7,9,11,13H,5-6H2,1-2H3/t7-,9-,11+/m1/s1. The van der Waals surface area contributed by atoms with Crippen molar-refractivity contribution in [3.05, 3.63) is 17.7 Å². The molecule has 0 unspecified atom stereocenters. The summed E-state index contributed by atoms with van der Waals surface area (Å²) in [6, 6.07) is 4.36. The third kappa shape index (κ3) is 1.85. The molecule has 3 atom stereocenters. The summed E-state index contributed by atoms with van der Waals surface area (Å²) in [6.45, 7) is 3.38. The number of nitrogens with one attached hydrogen (secondary N) is 1. The molecule has 0 radical (unpaired) electrons. The lowest BCUT2D eigenvalue weighted by Crippen LogP contribution is -2.51. The summed E-state index contributed by atoms with van der Waals surface area (Å²) < 4.78 is 16.5. The van der Waals surface area contributed by atoms with E-state index in [9.17, 15) is 0 Å². The molecule has 0 spiro atoms. The van der Waals surface area contributed by atoms with E-state index in [0.29, 0.717) is 24.4 Å². The van der Waals surface area contributed by atoms with Crippen molar-refractivity contribution in [2.24, 2.45) is 0 Å². The van der Waals surface area contributed by atoms with E-state index >= 15 is 0 Å². The lowest BCUT2D eigenvalue weighted by atomic mass is 9.98. The van der Waals surface area contributed by atoms with Gasteiger partial charge in [0.1, 0.15) is 12.7 Å². The van der Waals surface area contributed by atoms with Crippen LogP contribution < -0.4 is 14.8 Å². The molecule has 0 saturated carbocycles. The van der Waals surface area contributed by atoms with Gasteiger partial charge in [-0.25, -0.2) is 0 Å². The predicted octanol–water partition coefficient (Wildman–Crippen LogP) is 0.901. The SMILES string of the molecule is COc1ccc2c(n1)OC[C@H]1OC[C@@H](C)N[C@@H]21. The number of rotatable bonds is 1. The molecule has 1 aromatic heterocycles. The van der Waals surface area contributed by atoms with Crippen LogP contribution in [0.15, 0.2) is 12.1 Å². The number of hydrogen-bond donors (Lipinski definition) is 1. The molecule has 5 nitrogen and oxygen atoms in total. The normalized spacial score (nSPS) is 31.1. The molecule has 0 aromatic carbocycles. The third-order valence-electron chi connectivity index (χ3n) is 3.19. The quantitative estimate of drug-likeness (QED) is 0.785. The Balaban J connectivity index is 1.94. The van der Waals surface area contributed by atoms with Crippen LogP contribution in [-0.4, -0.2) is 37.5 Å². The monoisotopic (exact) mass is 236 g/mol. The molecule has 17 heavy (non-hydrogen) atoms. The molecule has 1 aromatic rings. The molecule has 0 amide bonds. The molecule has 0 bridgehead atoms. The first-order valence-electron chi connectivity index (χ1n) is 5.83.